The van der Waals surface area contributed by atoms with E-state index in [2.05, 4.69) is 10.6 Å². The molecule has 1 aromatic heterocycles. The zero-order valence-corrected chi connectivity index (χ0v) is 17.2. The molecule has 0 bridgehead atoms. The van der Waals surface area contributed by atoms with Gasteiger partial charge in [0.15, 0.2) is 9.84 Å². The summed E-state index contributed by atoms with van der Waals surface area (Å²) in [4.78, 5) is 25.9. The smallest absolute Gasteiger partial charge is 0.225 e. The van der Waals surface area contributed by atoms with Crippen LogP contribution in [-0.4, -0.2) is 31.7 Å². The van der Waals surface area contributed by atoms with Crippen molar-refractivity contribution in [3.8, 4) is 0 Å². The predicted octanol–water partition coefficient (Wildman–Crippen LogP) is 2.91. The van der Waals surface area contributed by atoms with Gasteiger partial charge >= 0.3 is 0 Å². The first-order valence-electron chi connectivity index (χ1n) is 8.45. The van der Waals surface area contributed by atoms with Crippen LogP contribution in [0.5, 0.6) is 0 Å². The van der Waals surface area contributed by atoms with Crippen molar-refractivity contribution < 1.29 is 18.0 Å². The van der Waals surface area contributed by atoms with Crippen molar-refractivity contribution in [1.82, 2.24) is 5.32 Å². The Morgan fingerprint density at radius 1 is 1.33 bits per heavy atom. The highest BCUT2D eigenvalue weighted by Crippen LogP contribution is 2.33. The first kappa shape index (κ1) is 19.9. The summed E-state index contributed by atoms with van der Waals surface area (Å²) in [5.41, 5.74) is 0.512. The van der Waals surface area contributed by atoms with Gasteiger partial charge in [-0.2, -0.15) is 0 Å². The molecule has 2 heterocycles. The highest BCUT2D eigenvalue weighted by atomic mass is 32.2. The van der Waals surface area contributed by atoms with E-state index >= 15 is 0 Å². The van der Waals surface area contributed by atoms with Crippen LogP contribution in [-0.2, 0) is 26.0 Å². The number of amides is 2. The molecule has 0 saturated carbocycles. The molecule has 9 heteroatoms. The zero-order valence-electron chi connectivity index (χ0n) is 14.7. The van der Waals surface area contributed by atoms with E-state index in [-0.39, 0.29) is 22.5 Å². The Morgan fingerprint density at radius 3 is 2.89 bits per heavy atom. The van der Waals surface area contributed by atoms with Gasteiger partial charge in [0.2, 0.25) is 11.8 Å². The van der Waals surface area contributed by atoms with Crippen LogP contribution in [0.1, 0.15) is 18.2 Å². The highest BCUT2D eigenvalue weighted by molar-refractivity contribution is 7.99. The second kappa shape index (κ2) is 8.45. The molecule has 27 heavy (non-hydrogen) atoms. The lowest BCUT2D eigenvalue weighted by Crippen LogP contribution is -2.32. The van der Waals surface area contributed by atoms with Gasteiger partial charge < -0.3 is 10.6 Å². The molecular weight excluding hydrogens is 404 g/mol. The monoisotopic (exact) mass is 424 g/mol. The Labute approximate surface area is 166 Å². The Bertz CT molecular complexity index is 940. The minimum atomic E-state index is -3.66. The molecule has 1 atom stereocenters. The third-order valence-corrected chi connectivity index (χ3v) is 7.97. The van der Waals surface area contributed by atoms with Crippen LogP contribution >= 0.6 is 23.1 Å². The van der Waals surface area contributed by atoms with E-state index in [4.69, 9.17) is 0 Å². The summed E-state index contributed by atoms with van der Waals surface area (Å²) in [6.45, 7) is 1.99. The number of sulfone groups is 1. The van der Waals surface area contributed by atoms with Crippen LogP contribution in [0, 0.1) is 5.92 Å². The molecule has 1 aliphatic heterocycles. The maximum absolute atomic E-state index is 12.7. The minimum Gasteiger partial charge on any atom is -0.351 e. The van der Waals surface area contributed by atoms with Crippen molar-refractivity contribution in [2.45, 2.75) is 29.7 Å². The molecule has 0 spiro atoms. The zero-order chi connectivity index (χ0) is 19.4. The number of hydrogen-bond acceptors (Lipinski definition) is 6. The summed E-state index contributed by atoms with van der Waals surface area (Å²) >= 11 is 3.05. The standard InChI is InChI=1S/C18H20N2O4S3/c1-12(18(22)19-10-13-3-2-7-25-13)11-27(23,24)14-4-5-16-15(9-14)20-17(21)6-8-26-16/h2-5,7,9,12H,6,8,10-11H2,1H3,(H,19,22)(H,20,21)/t12-/m1/s1. The van der Waals surface area contributed by atoms with Gasteiger partial charge in [-0.3, -0.25) is 9.59 Å². The quantitative estimate of drug-likeness (QED) is 0.744. The van der Waals surface area contributed by atoms with Crippen LogP contribution in [0.2, 0.25) is 0 Å². The summed E-state index contributed by atoms with van der Waals surface area (Å²) in [5, 5.41) is 7.44. The van der Waals surface area contributed by atoms with Crippen molar-refractivity contribution in [2.75, 3.05) is 16.8 Å². The average Bonchev–Trinajstić information content (AvgIpc) is 3.06. The van der Waals surface area contributed by atoms with Crippen LogP contribution < -0.4 is 10.6 Å². The van der Waals surface area contributed by atoms with Gasteiger partial charge in [0.1, 0.15) is 0 Å². The van der Waals surface area contributed by atoms with Gasteiger partial charge in [-0.05, 0) is 29.6 Å². The molecule has 2 amide bonds. The fourth-order valence-electron chi connectivity index (χ4n) is 2.66. The number of rotatable bonds is 6. The first-order chi connectivity index (χ1) is 12.8. The van der Waals surface area contributed by atoms with Crippen molar-refractivity contribution in [3.05, 3.63) is 40.6 Å². The molecule has 0 saturated heterocycles. The number of hydrogen-bond donors (Lipinski definition) is 2. The molecule has 2 aromatic rings. The number of thioether (sulfide) groups is 1. The molecule has 2 N–H and O–H groups in total. The molecule has 144 valence electrons. The Morgan fingerprint density at radius 2 is 2.15 bits per heavy atom. The Kier molecular flexibility index (Phi) is 6.23. The van der Waals surface area contributed by atoms with Gasteiger partial charge in [0.25, 0.3) is 0 Å². The van der Waals surface area contributed by atoms with E-state index < -0.39 is 15.8 Å². The molecule has 6 nitrogen and oxygen atoms in total. The third kappa shape index (κ3) is 5.12. The summed E-state index contributed by atoms with van der Waals surface area (Å²) in [7, 11) is -3.66. The molecule has 0 fully saturated rings. The highest BCUT2D eigenvalue weighted by Gasteiger charge is 2.25. The summed E-state index contributed by atoms with van der Waals surface area (Å²) in [5.74, 6) is -0.740. The van der Waals surface area contributed by atoms with E-state index in [0.717, 1.165) is 9.77 Å². The number of nitrogens with one attached hydrogen (secondary N) is 2. The third-order valence-electron chi connectivity index (χ3n) is 4.10. The number of anilines is 1. The first-order valence-corrected chi connectivity index (χ1v) is 12.0. The number of benzene rings is 1. The van der Waals surface area contributed by atoms with Crippen molar-refractivity contribution in [3.63, 3.8) is 0 Å². The van der Waals surface area contributed by atoms with E-state index in [1.807, 2.05) is 17.5 Å². The van der Waals surface area contributed by atoms with Gasteiger partial charge in [0.05, 0.1) is 22.9 Å². The van der Waals surface area contributed by atoms with Crippen LogP contribution in [0.25, 0.3) is 0 Å². The molecule has 3 rings (SSSR count). The lowest BCUT2D eigenvalue weighted by Gasteiger charge is -2.14. The number of thiophene rings is 1. The van der Waals surface area contributed by atoms with E-state index in [1.54, 1.807) is 13.0 Å². The summed E-state index contributed by atoms with van der Waals surface area (Å²) < 4.78 is 25.5. The fourth-order valence-corrected chi connectivity index (χ4v) is 5.81. The largest absolute Gasteiger partial charge is 0.351 e. The van der Waals surface area contributed by atoms with E-state index in [9.17, 15) is 18.0 Å². The SMILES string of the molecule is C[C@H](CS(=O)(=O)c1ccc2c(c1)NC(=O)CCS2)C(=O)NCc1cccs1. The summed E-state index contributed by atoms with van der Waals surface area (Å²) in [6.07, 6.45) is 0.392. The van der Waals surface area contributed by atoms with Crippen LogP contribution in [0.4, 0.5) is 5.69 Å². The number of fused-ring (bicyclic) bond motifs is 1. The summed E-state index contributed by atoms with van der Waals surface area (Å²) in [6, 6.07) is 8.54. The van der Waals surface area contributed by atoms with Gasteiger partial charge in [-0.1, -0.05) is 13.0 Å². The lowest BCUT2D eigenvalue weighted by molar-refractivity contribution is -0.124. The van der Waals surface area contributed by atoms with Gasteiger partial charge in [-0.15, -0.1) is 23.1 Å². The normalized spacial score (nSPS) is 15.4. The molecule has 1 aliphatic rings. The topological polar surface area (TPSA) is 92.3 Å². The molecular formula is C18H20N2O4S3. The van der Waals surface area contributed by atoms with Crippen LogP contribution in [0.3, 0.4) is 0 Å². The molecule has 1 aromatic carbocycles. The average molecular weight is 425 g/mol. The molecule has 0 unspecified atom stereocenters. The lowest BCUT2D eigenvalue weighted by atomic mass is 10.2. The number of carbonyl (C=O) groups excluding carboxylic acids is 2. The maximum Gasteiger partial charge on any atom is 0.225 e. The van der Waals surface area contributed by atoms with E-state index in [1.165, 1.54) is 35.2 Å². The van der Waals surface area contributed by atoms with Crippen molar-refractivity contribution >= 4 is 50.4 Å². The second-order valence-electron chi connectivity index (χ2n) is 6.28. The maximum atomic E-state index is 12.7. The van der Waals surface area contributed by atoms with Gasteiger partial charge in [-0.25, -0.2) is 8.42 Å². The van der Waals surface area contributed by atoms with Crippen LogP contribution in [0.15, 0.2) is 45.5 Å². The Hall–Kier alpha value is -1.84. The predicted molar refractivity (Wildman–Crippen MR) is 108 cm³/mol. The van der Waals surface area contributed by atoms with Crippen molar-refractivity contribution in [2.24, 2.45) is 5.92 Å². The van der Waals surface area contributed by atoms with E-state index in [0.29, 0.717) is 24.4 Å². The van der Waals surface area contributed by atoms with Crippen molar-refractivity contribution in [1.29, 1.82) is 0 Å². The fraction of sp³-hybridized carbons (Fsp3) is 0.333. The minimum absolute atomic E-state index is 0.113. The number of carbonyl (C=O) groups is 2. The Balaban J connectivity index is 1.68. The van der Waals surface area contributed by atoms with Gasteiger partial charge in [0, 0.05) is 27.9 Å². The molecule has 0 radical (unpaired) electrons. The molecule has 0 aliphatic carbocycles. The second-order valence-corrected chi connectivity index (χ2v) is 10.5.